The third-order valence-electron chi connectivity index (χ3n) is 6.76. The van der Waals surface area contributed by atoms with Gasteiger partial charge in [-0.15, -0.1) is 0 Å². The molecule has 8 heteroatoms. The van der Waals surface area contributed by atoms with E-state index in [4.69, 9.17) is 0 Å². The van der Waals surface area contributed by atoms with Gasteiger partial charge < -0.3 is 9.80 Å². The van der Waals surface area contributed by atoms with Crippen molar-refractivity contribution >= 4 is 15.9 Å². The molecule has 1 aromatic heterocycles. The molecule has 3 heterocycles. The van der Waals surface area contributed by atoms with Crippen LogP contribution in [0.2, 0.25) is 0 Å². The number of aromatic nitrogens is 1. The number of amides is 1. The summed E-state index contributed by atoms with van der Waals surface area (Å²) in [5.74, 6) is 0.106. The molecular weight excluding hydrogens is 436 g/mol. The van der Waals surface area contributed by atoms with Crippen LogP contribution >= 0.6 is 0 Å². The van der Waals surface area contributed by atoms with Gasteiger partial charge in [-0.3, -0.25) is 9.78 Å². The fourth-order valence-corrected chi connectivity index (χ4v) is 6.25. The Morgan fingerprint density at radius 2 is 1.73 bits per heavy atom. The first-order chi connectivity index (χ1) is 16.0. The Labute approximate surface area is 197 Å². The SMILES string of the molecule is O=C(C1CCN(S(=O)(=O)c2cccnc2)CC1)N1CCCN(CCCc2ccccc2)CC1. The lowest BCUT2D eigenvalue weighted by molar-refractivity contribution is -0.136. The van der Waals surface area contributed by atoms with E-state index in [-0.39, 0.29) is 16.7 Å². The standard InChI is InChI=1S/C25H34N4O3S/c30-25(23-11-17-29(18-12-23)33(31,32)24-10-4-13-26-21-24)28-16-6-15-27(19-20-28)14-5-9-22-7-2-1-3-8-22/h1-4,7-8,10,13,21,23H,5-6,9,11-12,14-20H2. The molecular formula is C25H34N4O3S. The van der Waals surface area contributed by atoms with Crippen LogP contribution in [0, 0.1) is 5.92 Å². The van der Waals surface area contributed by atoms with E-state index < -0.39 is 10.0 Å². The van der Waals surface area contributed by atoms with Gasteiger partial charge in [0.15, 0.2) is 0 Å². The molecule has 0 unspecified atom stereocenters. The van der Waals surface area contributed by atoms with Crippen LogP contribution in [0.1, 0.15) is 31.2 Å². The maximum absolute atomic E-state index is 13.2. The maximum atomic E-state index is 13.2. The predicted molar refractivity (Wildman–Crippen MR) is 128 cm³/mol. The Bertz CT molecular complexity index is 993. The molecule has 0 N–H and O–H groups in total. The first kappa shape index (κ1) is 23.9. The van der Waals surface area contributed by atoms with Crippen LogP contribution in [0.3, 0.4) is 0 Å². The van der Waals surface area contributed by atoms with Crippen molar-refractivity contribution in [2.45, 2.75) is 37.0 Å². The molecule has 33 heavy (non-hydrogen) atoms. The Morgan fingerprint density at radius 1 is 0.939 bits per heavy atom. The van der Waals surface area contributed by atoms with Gasteiger partial charge in [-0.1, -0.05) is 30.3 Å². The molecule has 0 saturated carbocycles. The average Bonchev–Trinajstić information content (AvgIpc) is 3.11. The second-order valence-electron chi connectivity index (χ2n) is 8.98. The normalized spacial score (nSPS) is 19.3. The van der Waals surface area contributed by atoms with E-state index in [1.54, 1.807) is 18.3 Å². The number of pyridine rings is 1. The molecule has 178 valence electrons. The molecule has 2 fully saturated rings. The highest BCUT2D eigenvalue weighted by atomic mass is 32.2. The van der Waals surface area contributed by atoms with E-state index in [1.165, 1.54) is 16.1 Å². The van der Waals surface area contributed by atoms with Crippen molar-refractivity contribution < 1.29 is 13.2 Å². The molecule has 2 saturated heterocycles. The smallest absolute Gasteiger partial charge is 0.244 e. The average molecular weight is 471 g/mol. The van der Waals surface area contributed by atoms with E-state index in [9.17, 15) is 13.2 Å². The van der Waals surface area contributed by atoms with Crippen LogP contribution in [0.4, 0.5) is 0 Å². The van der Waals surface area contributed by atoms with Crippen LogP contribution in [0.15, 0.2) is 59.8 Å². The van der Waals surface area contributed by atoms with Crippen molar-refractivity contribution in [1.82, 2.24) is 19.1 Å². The lowest BCUT2D eigenvalue weighted by atomic mass is 9.96. The minimum absolute atomic E-state index is 0.0880. The largest absolute Gasteiger partial charge is 0.341 e. The third kappa shape index (κ3) is 6.19. The minimum atomic E-state index is -3.54. The predicted octanol–water partition coefficient (Wildman–Crippen LogP) is 2.65. The molecule has 0 bridgehead atoms. The van der Waals surface area contributed by atoms with Crippen molar-refractivity contribution in [2.75, 3.05) is 45.8 Å². The summed E-state index contributed by atoms with van der Waals surface area (Å²) in [5.41, 5.74) is 1.38. The van der Waals surface area contributed by atoms with Gasteiger partial charge in [0.25, 0.3) is 0 Å². The zero-order valence-electron chi connectivity index (χ0n) is 19.2. The molecule has 0 aliphatic carbocycles. The van der Waals surface area contributed by atoms with E-state index in [0.717, 1.165) is 52.0 Å². The van der Waals surface area contributed by atoms with Crippen molar-refractivity contribution in [3.63, 3.8) is 0 Å². The second-order valence-corrected chi connectivity index (χ2v) is 10.9. The van der Waals surface area contributed by atoms with Crippen molar-refractivity contribution in [1.29, 1.82) is 0 Å². The van der Waals surface area contributed by atoms with Crippen molar-refractivity contribution in [2.24, 2.45) is 5.92 Å². The first-order valence-corrected chi connectivity index (χ1v) is 13.4. The van der Waals surface area contributed by atoms with E-state index in [0.29, 0.717) is 25.9 Å². The monoisotopic (exact) mass is 470 g/mol. The van der Waals surface area contributed by atoms with Gasteiger partial charge in [0, 0.05) is 51.0 Å². The summed E-state index contributed by atoms with van der Waals surface area (Å²) in [4.78, 5) is 21.8. The van der Waals surface area contributed by atoms with Gasteiger partial charge in [0.1, 0.15) is 4.90 Å². The summed E-state index contributed by atoms with van der Waals surface area (Å²) in [5, 5.41) is 0. The topological polar surface area (TPSA) is 73.8 Å². The van der Waals surface area contributed by atoms with Gasteiger partial charge in [0.05, 0.1) is 0 Å². The lowest BCUT2D eigenvalue weighted by Crippen LogP contribution is -2.45. The fourth-order valence-electron chi connectivity index (χ4n) is 4.82. The number of carbonyl (C=O) groups excluding carboxylic acids is 1. The Balaban J connectivity index is 1.23. The maximum Gasteiger partial charge on any atom is 0.244 e. The summed E-state index contributed by atoms with van der Waals surface area (Å²) >= 11 is 0. The van der Waals surface area contributed by atoms with Gasteiger partial charge in [-0.25, -0.2) is 8.42 Å². The Hall–Kier alpha value is -2.29. The van der Waals surface area contributed by atoms with E-state index in [1.807, 2.05) is 11.0 Å². The minimum Gasteiger partial charge on any atom is -0.341 e. The number of aryl methyl sites for hydroxylation is 1. The molecule has 1 aromatic carbocycles. The van der Waals surface area contributed by atoms with Crippen LogP contribution in [-0.2, 0) is 21.2 Å². The Kier molecular flexibility index (Phi) is 8.11. The second kappa shape index (κ2) is 11.2. The zero-order valence-corrected chi connectivity index (χ0v) is 20.0. The molecule has 4 rings (SSSR count). The number of hydrogen-bond donors (Lipinski definition) is 0. The molecule has 1 amide bonds. The van der Waals surface area contributed by atoms with Crippen LogP contribution in [0.5, 0.6) is 0 Å². The van der Waals surface area contributed by atoms with Gasteiger partial charge in [-0.2, -0.15) is 4.31 Å². The molecule has 2 aliphatic rings. The number of hydrogen-bond acceptors (Lipinski definition) is 5. The highest BCUT2D eigenvalue weighted by molar-refractivity contribution is 7.89. The fraction of sp³-hybridized carbons (Fsp3) is 0.520. The highest BCUT2D eigenvalue weighted by Crippen LogP contribution is 2.25. The summed E-state index contributed by atoms with van der Waals surface area (Å²) in [6.45, 7) is 5.32. The van der Waals surface area contributed by atoms with E-state index in [2.05, 4.69) is 34.1 Å². The van der Waals surface area contributed by atoms with Crippen LogP contribution in [-0.4, -0.2) is 79.2 Å². The van der Waals surface area contributed by atoms with Gasteiger partial charge in [0.2, 0.25) is 15.9 Å². The lowest BCUT2D eigenvalue weighted by Gasteiger charge is -2.33. The molecule has 0 radical (unpaired) electrons. The number of nitrogens with zero attached hydrogens (tertiary/aromatic N) is 4. The number of sulfonamides is 1. The number of benzene rings is 1. The molecule has 2 aromatic rings. The third-order valence-corrected chi connectivity index (χ3v) is 8.64. The molecule has 0 atom stereocenters. The number of rotatable bonds is 7. The summed E-state index contributed by atoms with van der Waals surface area (Å²) in [6, 6.07) is 13.8. The quantitative estimate of drug-likeness (QED) is 0.622. The summed E-state index contributed by atoms with van der Waals surface area (Å²) < 4.78 is 27.1. The van der Waals surface area contributed by atoms with Crippen molar-refractivity contribution in [3.05, 3.63) is 60.4 Å². The number of piperidine rings is 1. The van der Waals surface area contributed by atoms with Gasteiger partial charge in [-0.05, 0) is 62.9 Å². The molecule has 7 nitrogen and oxygen atoms in total. The summed E-state index contributed by atoms with van der Waals surface area (Å²) in [6.07, 6.45) is 7.31. The zero-order chi connectivity index (χ0) is 23.1. The highest BCUT2D eigenvalue weighted by Gasteiger charge is 2.34. The van der Waals surface area contributed by atoms with Crippen molar-refractivity contribution in [3.8, 4) is 0 Å². The van der Waals surface area contributed by atoms with E-state index >= 15 is 0 Å². The number of carbonyl (C=O) groups is 1. The summed E-state index contributed by atoms with van der Waals surface area (Å²) in [7, 11) is -3.54. The molecule has 2 aliphatic heterocycles. The van der Waals surface area contributed by atoms with Gasteiger partial charge >= 0.3 is 0 Å². The molecule has 0 spiro atoms. The van der Waals surface area contributed by atoms with Crippen LogP contribution < -0.4 is 0 Å². The van der Waals surface area contributed by atoms with Crippen LogP contribution in [0.25, 0.3) is 0 Å². The Morgan fingerprint density at radius 3 is 2.45 bits per heavy atom. The first-order valence-electron chi connectivity index (χ1n) is 12.0.